The van der Waals surface area contributed by atoms with Gasteiger partial charge in [0.25, 0.3) is 0 Å². The molecule has 0 aliphatic carbocycles. The summed E-state index contributed by atoms with van der Waals surface area (Å²) in [5.74, 6) is 0.196. The summed E-state index contributed by atoms with van der Waals surface area (Å²) in [5.41, 5.74) is 0. The van der Waals surface area contributed by atoms with Crippen molar-refractivity contribution in [1.29, 1.82) is 0 Å². The van der Waals surface area contributed by atoms with E-state index in [1.54, 1.807) is 0 Å². The van der Waals surface area contributed by atoms with Crippen LogP contribution in [0.1, 0.15) is 32.6 Å². The van der Waals surface area contributed by atoms with Crippen molar-refractivity contribution < 1.29 is 13.2 Å². The van der Waals surface area contributed by atoms with Crippen LogP contribution in [0.15, 0.2) is 0 Å². The molecule has 102 valence electrons. The summed E-state index contributed by atoms with van der Waals surface area (Å²) in [6, 6.07) is 0.119. The molecule has 0 aromatic heterocycles. The van der Waals surface area contributed by atoms with Gasteiger partial charge in [0.2, 0.25) is 10.0 Å². The predicted octanol–water partition coefficient (Wildman–Crippen LogP) is 0.475. The largest absolute Gasteiger partial charge is 0.382 e. The van der Waals surface area contributed by atoms with E-state index in [9.17, 15) is 8.42 Å². The Morgan fingerprint density at radius 2 is 2.24 bits per heavy atom. The summed E-state index contributed by atoms with van der Waals surface area (Å²) >= 11 is 0. The fourth-order valence-electron chi connectivity index (χ4n) is 1.94. The SMILES string of the molecule is CCOCCCNS(=O)(=O)CC1CCCCN1. The number of hydrogen-bond acceptors (Lipinski definition) is 4. The Balaban J connectivity index is 2.16. The van der Waals surface area contributed by atoms with E-state index in [-0.39, 0.29) is 11.8 Å². The second-order valence-electron chi connectivity index (χ2n) is 4.37. The summed E-state index contributed by atoms with van der Waals surface area (Å²) in [6.45, 7) is 4.62. The monoisotopic (exact) mass is 264 g/mol. The van der Waals surface area contributed by atoms with Crippen molar-refractivity contribution in [1.82, 2.24) is 10.0 Å². The highest BCUT2D eigenvalue weighted by atomic mass is 32.2. The molecule has 0 saturated carbocycles. The minimum Gasteiger partial charge on any atom is -0.382 e. The molecular formula is C11H24N2O3S. The van der Waals surface area contributed by atoms with Crippen LogP contribution in [-0.4, -0.2) is 46.5 Å². The molecule has 1 aliphatic heterocycles. The molecule has 0 spiro atoms. The molecule has 0 radical (unpaired) electrons. The quantitative estimate of drug-likeness (QED) is 0.626. The lowest BCUT2D eigenvalue weighted by Crippen LogP contribution is -2.42. The van der Waals surface area contributed by atoms with Crippen molar-refractivity contribution in [3.8, 4) is 0 Å². The molecule has 6 heteroatoms. The van der Waals surface area contributed by atoms with E-state index in [2.05, 4.69) is 10.0 Å². The van der Waals surface area contributed by atoms with Gasteiger partial charge in [0.1, 0.15) is 0 Å². The summed E-state index contributed by atoms with van der Waals surface area (Å²) < 4.78 is 31.2. The molecular weight excluding hydrogens is 240 g/mol. The molecule has 1 aliphatic rings. The van der Waals surface area contributed by atoms with E-state index >= 15 is 0 Å². The van der Waals surface area contributed by atoms with E-state index < -0.39 is 10.0 Å². The van der Waals surface area contributed by atoms with Gasteiger partial charge >= 0.3 is 0 Å². The second kappa shape index (κ2) is 8.02. The first-order chi connectivity index (χ1) is 8.14. The standard InChI is InChI=1S/C11H24N2O3S/c1-2-16-9-5-8-13-17(14,15)10-11-6-3-4-7-12-11/h11-13H,2-10H2,1H3. The Morgan fingerprint density at radius 3 is 2.88 bits per heavy atom. The lowest BCUT2D eigenvalue weighted by Gasteiger charge is -2.23. The lowest BCUT2D eigenvalue weighted by molar-refractivity contribution is 0.146. The Labute approximate surface area is 104 Å². The van der Waals surface area contributed by atoms with Crippen molar-refractivity contribution >= 4 is 10.0 Å². The third-order valence-electron chi connectivity index (χ3n) is 2.82. The number of hydrogen-bond donors (Lipinski definition) is 2. The zero-order valence-corrected chi connectivity index (χ0v) is 11.4. The number of piperidine rings is 1. The molecule has 0 aromatic carbocycles. The molecule has 1 rings (SSSR count). The highest BCUT2D eigenvalue weighted by molar-refractivity contribution is 7.89. The van der Waals surface area contributed by atoms with Gasteiger partial charge in [-0.25, -0.2) is 13.1 Å². The number of ether oxygens (including phenoxy) is 1. The van der Waals surface area contributed by atoms with E-state index in [1.807, 2.05) is 6.92 Å². The number of rotatable bonds is 8. The molecule has 17 heavy (non-hydrogen) atoms. The molecule has 1 heterocycles. The number of nitrogens with one attached hydrogen (secondary N) is 2. The van der Waals surface area contributed by atoms with Gasteiger partial charge in [-0.1, -0.05) is 6.42 Å². The normalized spacial score (nSPS) is 21.6. The van der Waals surface area contributed by atoms with Crippen LogP contribution in [0.2, 0.25) is 0 Å². The highest BCUT2D eigenvalue weighted by Gasteiger charge is 2.20. The van der Waals surface area contributed by atoms with Gasteiger partial charge in [-0.3, -0.25) is 0 Å². The Kier molecular flexibility index (Phi) is 7.03. The first kappa shape index (κ1) is 14.9. The predicted molar refractivity (Wildman–Crippen MR) is 68.5 cm³/mol. The van der Waals surface area contributed by atoms with Crippen LogP contribution in [0.5, 0.6) is 0 Å². The van der Waals surface area contributed by atoms with Gasteiger partial charge in [0.15, 0.2) is 0 Å². The van der Waals surface area contributed by atoms with Gasteiger partial charge in [0, 0.05) is 25.8 Å². The summed E-state index contributed by atoms with van der Waals surface area (Å²) in [5, 5.41) is 3.24. The smallest absolute Gasteiger partial charge is 0.213 e. The summed E-state index contributed by atoms with van der Waals surface area (Å²) in [6.07, 6.45) is 3.96. The van der Waals surface area contributed by atoms with Gasteiger partial charge in [-0.15, -0.1) is 0 Å². The minimum atomic E-state index is -3.14. The van der Waals surface area contributed by atoms with Crippen molar-refractivity contribution in [2.75, 3.05) is 32.1 Å². The zero-order chi connectivity index (χ0) is 12.6. The zero-order valence-electron chi connectivity index (χ0n) is 10.6. The molecule has 1 atom stereocenters. The van der Waals surface area contributed by atoms with E-state index in [0.717, 1.165) is 32.2 Å². The average Bonchev–Trinajstić information content (AvgIpc) is 2.29. The first-order valence-electron chi connectivity index (χ1n) is 6.42. The molecule has 5 nitrogen and oxygen atoms in total. The lowest BCUT2D eigenvalue weighted by atomic mass is 10.1. The van der Waals surface area contributed by atoms with E-state index in [0.29, 0.717) is 19.8 Å². The average molecular weight is 264 g/mol. The minimum absolute atomic E-state index is 0.119. The van der Waals surface area contributed by atoms with Crippen LogP contribution in [0.4, 0.5) is 0 Å². The molecule has 2 N–H and O–H groups in total. The maximum atomic E-state index is 11.7. The van der Waals surface area contributed by atoms with Gasteiger partial charge in [-0.05, 0) is 32.7 Å². The van der Waals surface area contributed by atoms with Crippen LogP contribution < -0.4 is 10.0 Å². The van der Waals surface area contributed by atoms with Crippen LogP contribution in [-0.2, 0) is 14.8 Å². The van der Waals surface area contributed by atoms with Crippen molar-refractivity contribution in [3.05, 3.63) is 0 Å². The second-order valence-corrected chi connectivity index (χ2v) is 6.22. The fourth-order valence-corrected chi connectivity index (χ4v) is 3.32. The van der Waals surface area contributed by atoms with E-state index in [4.69, 9.17) is 4.74 Å². The van der Waals surface area contributed by atoms with Crippen molar-refractivity contribution in [3.63, 3.8) is 0 Å². The maximum absolute atomic E-state index is 11.7. The van der Waals surface area contributed by atoms with Crippen molar-refractivity contribution in [2.24, 2.45) is 0 Å². The van der Waals surface area contributed by atoms with Crippen LogP contribution in [0.25, 0.3) is 0 Å². The molecule has 0 bridgehead atoms. The van der Waals surface area contributed by atoms with Crippen LogP contribution in [0.3, 0.4) is 0 Å². The van der Waals surface area contributed by atoms with Gasteiger partial charge < -0.3 is 10.1 Å². The molecule has 0 aromatic rings. The summed E-state index contributed by atoms with van der Waals surface area (Å²) in [7, 11) is -3.14. The Hall–Kier alpha value is -0.170. The van der Waals surface area contributed by atoms with Crippen molar-refractivity contribution in [2.45, 2.75) is 38.6 Å². The molecule has 1 unspecified atom stereocenters. The summed E-state index contributed by atoms with van der Waals surface area (Å²) in [4.78, 5) is 0. The highest BCUT2D eigenvalue weighted by Crippen LogP contribution is 2.08. The molecule has 1 saturated heterocycles. The fraction of sp³-hybridized carbons (Fsp3) is 1.00. The molecule has 1 fully saturated rings. The van der Waals surface area contributed by atoms with E-state index in [1.165, 1.54) is 0 Å². The van der Waals surface area contributed by atoms with Gasteiger partial charge in [-0.2, -0.15) is 0 Å². The first-order valence-corrected chi connectivity index (χ1v) is 8.08. The maximum Gasteiger partial charge on any atom is 0.213 e. The number of sulfonamides is 1. The van der Waals surface area contributed by atoms with Crippen LogP contribution in [0, 0.1) is 0 Å². The third kappa shape index (κ3) is 6.98. The third-order valence-corrected chi connectivity index (χ3v) is 4.31. The molecule has 0 amide bonds. The van der Waals surface area contributed by atoms with Gasteiger partial charge in [0.05, 0.1) is 5.75 Å². The Bertz CT molecular complexity index is 287. The Morgan fingerprint density at radius 1 is 1.41 bits per heavy atom. The topological polar surface area (TPSA) is 67.4 Å². The van der Waals surface area contributed by atoms with Crippen LogP contribution >= 0.6 is 0 Å².